The summed E-state index contributed by atoms with van der Waals surface area (Å²) in [5, 5.41) is 7.73. The molecule has 25 heavy (non-hydrogen) atoms. The van der Waals surface area contributed by atoms with Crippen LogP contribution < -0.4 is 0 Å². The fourth-order valence-corrected chi connectivity index (χ4v) is 2.08. The van der Waals surface area contributed by atoms with Crippen LogP contribution >= 0.6 is 0 Å². The third-order valence-electron chi connectivity index (χ3n) is 3.45. The van der Waals surface area contributed by atoms with E-state index in [1.54, 1.807) is 6.92 Å². The Hall–Kier alpha value is -3.35. The first-order chi connectivity index (χ1) is 12.1. The fourth-order valence-electron chi connectivity index (χ4n) is 2.08. The molecule has 0 amide bonds. The molecule has 3 rings (SSSR count). The molecule has 1 aromatic heterocycles. The smallest absolute Gasteiger partial charge is 0.338 e. The van der Waals surface area contributed by atoms with Crippen LogP contribution in [0.25, 0.3) is 11.5 Å². The first-order valence-electron chi connectivity index (χ1n) is 7.42. The average Bonchev–Trinajstić information content (AvgIpc) is 3.12. The standard InChI is InChI=1S/C18H13FN2O4/c1-11(24-18(23)14-4-2-12(10-22)3-5-14)16-20-21-17(25-16)13-6-8-15(19)9-7-13/h2-11H,1H3/t11-/m1/s1. The Labute approximate surface area is 142 Å². The normalized spacial score (nSPS) is 11.8. The molecule has 1 heterocycles. The number of hydrogen-bond acceptors (Lipinski definition) is 6. The van der Waals surface area contributed by atoms with Crippen LogP contribution in [0.5, 0.6) is 0 Å². The topological polar surface area (TPSA) is 82.3 Å². The summed E-state index contributed by atoms with van der Waals surface area (Å²) in [7, 11) is 0. The molecule has 0 N–H and O–H groups in total. The van der Waals surface area contributed by atoms with Crippen LogP contribution in [0.15, 0.2) is 52.9 Å². The molecule has 0 radical (unpaired) electrons. The van der Waals surface area contributed by atoms with Crippen molar-refractivity contribution in [1.29, 1.82) is 0 Å². The molecule has 7 heteroatoms. The minimum atomic E-state index is -0.764. The molecule has 0 aliphatic heterocycles. The van der Waals surface area contributed by atoms with Crippen molar-refractivity contribution in [2.45, 2.75) is 13.0 Å². The number of hydrogen-bond donors (Lipinski definition) is 0. The average molecular weight is 340 g/mol. The maximum atomic E-state index is 12.9. The van der Waals surface area contributed by atoms with Crippen LogP contribution in [0.3, 0.4) is 0 Å². The molecular weight excluding hydrogens is 327 g/mol. The molecular formula is C18H13FN2O4. The maximum Gasteiger partial charge on any atom is 0.338 e. The number of aldehydes is 1. The molecule has 1 atom stereocenters. The van der Waals surface area contributed by atoms with Gasteiger partial charge in [0.25, 0.3) is 5.89 Å². The highest BCUT2D eigenvalue weighted by atomic mass is 19.1. The van der Waals surface area contributed by atoms with Crippen LogP contribution in [-0.2, 0) is 4.74 Å². The highest BCUT2D eigenvalue weighted by Crippen LogP contribution is 2.23. The molecule has 0 bridgehead atoms. The first-order valence-corrected chi connectivity index (χ1v) is 7.42. The highest BCUT2D eigenvalue weighted by molar-refractivity contribution is 5.90. The summed E-state index contributed by atoms with van der Waals surface area (Å²) >= 11 is 0. The molecule has 0 spiro atoms. The summed E-state index contributed by atoms with van der Waals surface area (Å²) in [6, 6.07) is 11.6. The van der Waals surface area contributed by atoms with Crippen molar-refractivity contribution in [3.63, 3.8) is 0 Å². The Morgan fingerprint density at radius 2 is 1.80 bits per heavy atom. The van der Waals surface area contributed by atoms with Crippen LogP contribution in [0, 0.1) is 5.82 Å². The number of esters is 1. The van der Waals surface area contributed by atoms with Gasteiger partial charge in [0.1, 0.15) is 12.1 Å². The largest absolute Gasteiger partial charge is 0.449 e. The quantitative estimate of drug-likeness (QED) is 0.521. The SMILES string of the molecule is C[C@@H](OC(=O)c1ccc(C=O)cc1)c1nnc(-c2ccc(F)cc2)o1. The van der Waals surface area contributed by atoms with E-state index in [0.29, 0.717) is 23.0 Å². The van der Waals surface area contributed by atoms with Gasteiger partial charge < -0.3 is 9.15 Å². The predicted octanol–water partition coefficient (Wildman–Crippen LogP) is 3.61. The lowest BCUT2D eigenvalue weighted by atomic mass is 10.1. The Balaban J connectivity index is 1.70. The van der Waals surface area contributed by atoms with Gasteiger partial charge in [-0.1, -0.05) is 12.1 Å². The van der Waals surface area contributed by atoms with Crippen molar-refractivity contribution in [2.75, 3.05) is 0 Å². The number of benzene rings is 2. The zero-order chi connectivity index (χ0) is 17.8. The van der Waals surface area contributed by atoms with Gasteiger partial charge in [-0.3, -0.25) is 4.79 Å². The number of carbonyl (C=O) groups is 2. The summed E-state index contributed by atoms with van der Waals surface area (Å²) in [5.74, 6) is -0.622. The Morgan fingerprint density at radius 3 is 2.44 bits per heavy atom. The number of ether oxygens (including phenoxy) is 1. The van der Waals surface area contributed by atoms with E-state index >= 15 is 0 Å². The summed E-state index contributed by atoms with van der Waals surface area (Å²) in [5.41, 5.74) is 1.32. The number of rotatable bonds is 5. The van der Waals surface area contributed by atoms with Gasteiger partial charge in [-0.15, -0.1) is 10.2 Å². The molecule has 0 fully saturated rings. The second-order valence-corrected chi connectivity index (χ2v) is 5.24. The van der Waals surface area contributed by atoms with Gasteiger partial charge >= 0.3 is 5.97 Å². The van der Waals surface area contributed by atoms with E-state index in [9.17, 15) is 14.0 Å². The van der Waals surface area contributed by atoms with Crippen molar-refractivity contribution >= 4 is 12.3 Å². The molecule has 0 saturated carbocycles. The van der Waals surface area contributed by atoms with Crippen molar-refractivity contribution < 1.29 is 23.1 Å². The number of nitrogens with zero attached hydrogens (tertiary/aromatic N) is 2. The third kappa shape index (κ3) is 3.77. The minimum Gasteiger partial charge on any atom is -0.449 e. The van der Waals surface area contributed by atoms with Crippen molar-refractivity contribution in [3.05, 3.63) is 71.4 Å². The summed E-state index contributed by atoms with van der Waals surface area (Å²) in [6.45, 7) is 1.60. The summed E-state index contributed by atoms with van der Waals surface area (Å²) in [4.78, 5) is 22.7. The Kier molecular flexibility index (Phi) is 4.65. The van der Waals surface area contributed by atoms with Gasteiger partial charge in [-0.25, -0.2) is 9.18 Å². The van der Waals surface area contributed by atoms with Crippen molar-refractivity contribution in [1.82, 2.24) is 10.2 Å². The van der Waals surface area contributed by atoms with E-state index in [4.69, 9.17) is 9.15 Å². The van der Waals surface area contributed by atoms with Gasteiger partial charge in [0, 0.05) is 11.1 Å². The fraction of sp³-hybridized carbons (Fsp3) is 0.111. The van der Waals surface area contributed by atoms with Gasteiger partial charge in [-0.2, -0.15) is 0 Å². The zero-order valence-electron chi connectivity index (χ0n) is 13.2. The lowest BCUT2D eigenvalue weighted by molar-refractivity contribution is 0.0279. The first kappa shape index (κ1) is 16.5. The van der Waals surface area contributed by atoms with Gasteiger partial charge in [0.2, 0.25) is 5.89 Å². The zero-order valence-corrected chi connectivity index (χ0v) is 13.2. The van der Waals surface area contributed by atoms with Gasteiger partial charge in [0.15, 0.2) is 6.10 Å². The third-order valence-corrected chi connectivity index (χ3v) is 3.45. The lowest BCUT2D eigenvalue weighted by Crippen LogP contribution is -2.09. The van der Waals surface area contributed by atoms with Crippen molar-refractivity contribution in [3.8, 4) is 11.5 Å². The molecule has 6 nitrogen and oxygen atoms in total. The van der Waals surface area contributed by atoms with E-state index < -0.39 is 12.1 Å². The Morgan fingerprint density at radius 1 is 1.12 bits per heavy atom. The molecule has 0 saturated heterocycles. The van der Waals surface area contributed by atoms with E-state index in [-0.39, 0.29) is 17.6 Å². The molecule has 126 valence electrons. The van der Waals surface area contributed by atoms with E-state index in [1.165, 1.54) is 48.5 Å². The molecule has 0 aliphatic carbocycles. The number of carbonyl (C=O) groups excluding carboxylic acids is 2. The number of halogens is 1. The highest BCUT2D eigenvalue weighted by Gasteiger charge is 2.20. The molecule has 3 aromatic rings. The van der Waals surface area contributed by atoms with Gasteiger partial charge in [-0.05, 0) is 43.3 Å². The van der Waals surface area contributed by atoms with Crippen LogP contribution in [0.4, 0.5) is 4.39 Å². The predicted molar refractivity (Wildman–Crippen MR) is 85.4 cm³/mol. The molecule has 2 aromatic carbocycles. The second kappa shape index (κ2) is 7.04. The van der Waals surface area contributed by atoms with E-state index in [0.717, 1.165) is 0 Å². The maximum absolute atomic E-state index is 12.9. The van der Waals surface area contributed by atoms with E-state index in [1.807, 2.05) is 0 Å². The van der Waals surface area contributed by atoms with Crippen LogP contribution in [0.2, 0.25) is 0 Å². The van der Waals surface area contributed by atoms with E-state index in [2.05, 4.69) is 10.2 Å². The second-order valence-electron chi connectivity index (χ2n) is 5.24. The summed E-state index contributed by atoms with van der Waals surface area (Å²) in [6.07, 6.45) is -0.0763. The number of aromatic nitrogens is 2. The summed E-state index contributed by atoms with van der Waals surface area (Å²) < 4.78 is 23.7. The van der Waals surface area contributed by atoms with Gasteiger partial charge in [0.05, 0.1) is 5.56 Å². The lowest BCUT2D eigenvalue weighted by Gasteiger charge is -2.09. The van der Waals surface area contributed by atoms with Crippen LogP contribution in [0.1, 0.15) is 39.6 Å². The van der Waals surface area contributed by atoms with Crippen molar-refractivity contribution in [2.24, 2.45) is 0 Å². The Bertz CT molecular complexity index is 888. The molecule has 0 aliphatic rings. The molecule has 0 unspecified atom stereocenters. The minimum absolute atomic E-state index is 0.122. The van der Waals surface area contributed by atoms with Crippen LogP contribution in [-0.4, -0.2) is 22.5 Å². The monoisotopic (exact) mass is 340 g/mol.